The van der Waals surface area contributed by atoms with Gasteiger partial charge in [0.2, 0.25) is 5.95 Å². The third-order valence-corrected chi connectivity index (χ3v) is 1.84. The van der Waals surface area contributed by atoms with Crippen LogP contribution in [0.1, 0.15) is 32.0 Å². The standard InChI is InChI=1S/C8H16N4/c1-3-4-5-6-7-10-8(9)12(2)11-7/h3-6H2,1-2H3,(H2,9,10,11). The van der Waals surface area contributed by atoms with Crippen LogP contribution in [0.5, 0.6) is 0 Å². The maximum Gasteiger partial charge on any atom is 0.218 e. The van der Waals surface area contributed by atoms with Gasteiger partial charge < -0.3 is 5.73 Å². The summed E-state index contributed by atoms with van der Waals surface area (Å²) in [4.78, 5) is 4.11. The number of nitrogen functional groups attached to an aromatic ring is 1. The number of anilines is 1. The van der Waals surface area contributed by atoms with E-state index in [0.717, 1.165) is 18.7 Å². The van der Waals surface area contributed by atoms with Gasteiger partial charge in [0.25, 0.3) is 0 Å². The number of nitrogens with zero attached hydrogens (tertiary/aromatic N) is 3. The zero-order valence-electron chi connectivity index (χ0n) is 7.75. The molecule has 0 fully saturated rings. The number of aromatic nitrogens is 3. The summed E-state index contributed by atoms with van der Waals surface area (Å²) in [5, 5.41) is 4.16. The summed E-state index contributed by atoms with van der Waals surface area (Å²) < 4.78 is 1.61. The molecule has 4 heteroatoms. The Morgan fingerprint density at radius 1 is 1.42 bits per heavy atom. The average Bonchev–Trinajstić information content (AvgIpc) is 2.32. The van der Waals surface area contributed by atoms with Crippen molar-refractivity contribution in [3.8, 4) is 0 Å². The van der Waals surface area contributed by atoms with Gasteiger partial charge in [-0.25, -0.2) is 4.68 Å². The van der Waals surface area contributed by atoms with Gasteiger partial charge in [-0.05, 0) is 6.42 Å². The van der Waals surface area contributed by atoms with Gasteiger partial charge >= 0.3 is 0 Å². The fourth-order valence-corrected chi connectivity index (χ4v) is 1.09. The summed E-state index contributed by atoms with van der Waals surface area (Å²) in [5.41, 5.74) is 5.53. The first-order chi connectivity index (χ1) is 5.74. The molecule has 1 rings (SSSR count). The minimum atomic E-state index is 0.501. The van der Waals surface area contributed by atoms with Crippen LogP contribution in [-0.4, -0.2) is 14.8 Å². The van der Waals surface area contributed by atoms with E-state index in [1.165, 1.54) is 12.8 Å². The molecule has 1 aromatic heterocycles. The van der Waals surface area contributed by atoms with Gasteiger partial charge in [-0.3, -0.25) is 0 Å². The van der Waals surface area contributed by atoms with Crippen molar-refractivity contribution in [3.05, 3.63) is 5.82 Å². The summed E-state index contributed by atoms with van der Waals surface area (Å²) in [6, 6.07) is 0. The van der Waals surface area contributed by atoms with Crippen molar-refractivity contribution in [2.24, 2.45) is 7.05 Å². The highest BCUT2D eigenvalue weighted by Crippen LogP contribution is 2.03. The molecule has 68 valence electrons. The number of unbranched alkanes of at least 4 members (excludes halogenated alkanes) is 2. The lowest BCUT2D eigenvalue weighted by molar-refractivity contribution is 0.679. The molecular formula is C8H16N4. The number of hydrogen-bond acceptors (Lipinski definition) is 3. The van der Waals surface area contributed by atoms with Gasteiger partial charge in [-0.2, -0.15) is 10.1 Å². The van der Waals surface area contributed by atoms with Crippen molar-refractivity contribution in [1.29, 1.82) is 0 Å². The Kier molecular flexibility index (Phi) is 3.08. The summed E-state index contributed by atoms with van der Waals surface area (Å²) >= 11 is 0. The van der Waals surface area contributed by atoms with Gasteiger partial charge in [0.15, 0.2) is 5.82 Å². The first-order valence-electron chi connectivity index (χ1n) is 4.39. The van der Waals surface area contributed by atoms with Crippen LogP contribution in [0.3, 0.4) is 0 Å². The van der Waals surface area contributed by atoms with Crippen LogP contribution in [0.15, 0.2) is 0 Å². The molecule has 12 heavy (non-hydrogen) atoms. The first-order valence-corrected chi connectivity index (χ1v) is 4.39. The maximum atomic E-state index is 5.53. The summed E-state index contributed by atoms with van der Waals surface area (Å²) in [6.07, 6.45) is 4.55. The molecule has 0 atom stereocenters. The second-order valence-electron chi connectivity index (χ2n) is 2.97. The number of aryl methyl sites for hydroxylation is 2. The Labute approximate surface area is 72.8 Å². The van der Waals surface area contributed by atoms with Gasteiger partial charge in [0, 0.05) is 13.5 Å². The Balaban J connectivity index is 2.42. The van der Waals surface area contributed by atoms with Gasteiger partial charge in [-0.1, -0.05) is 19.8 Å². The molecule has 0 amide bonds. The molecule has 0 aliphatic rings. The van der Waals surface area contributed by atoms with Gasteiger partial charge in [0.05, 0.1) is 0 Å². The summed E-state index contributed by atoms with van der Waals surface area (Å²) in [6.45, 7) is 2.18. The van der Waals surface area contributed by atoms with E-state index in [-0.39, 0.29) is 0 Å². The topological polar surface area (TPSA) is 56.7 Å². The molecule has 0 radical (unpaired) electrons. The zero-order valence-corrected chi connectivity index (χ0v) is 7.75. The molecule has 4 nitrogen and oxygen atoms in total. The molecule has 2 N–H and O–H groups in total. The second-order valence-corrected chi connectivity index (χ2v) is 2.97. The third-order valence-electron chi connectivity index (χ3n) is 1.84. The van der Waals surface area contributed by atoms with Crippen molar-refractivity contribution in [2.75, 3.05) is 5.73 Å². The van der Waals surface area contributed by atoms with Crippen molar-refractivity contribution in [3.63, 3.8) is 0 Å². The van der Waals surface area contributed by atoms with E-state index in [4.69, 9.17) is 5.73 Å². The molecule has 0 aromatic carbocycles. The van der Waals surface area contributed by atoms with Crippen molar-refractivity contribution in [1.82, 2.24) is 14.8 Å². The van der Waals surface area contributed by atoms with E-state index in [0.29, 0.717) is 5.95 Å². The number of hydrogen-bond donors (Lipinski definition) is 1. The molecule has 0 spiro atoms. The minimum absolute atomic E-state index is 0.501. The quantitative estimate of drug-likeness (QED) is 0.686. The second kappa shape index (κ2) is 4.09. The summed E-state index contributed by atoms with van der Waals surface area (Å²) in [7, 11) is 1.81. The van der Waals surface area contributed by atoms with E-state index >= 15 is 0 Å². The van der Waals surface area contributed by atoms with E-state index in [2.05, 4.69) is 17.0 Å². The molecule has 1 aromatic rings. The van der Waals surface area contributed by atoms with E-state index in [1.807, 2.05) is 7.05 Å². The van der Waals surface area contributed by atoms with Crippen LogP contribution < -0.4 is 5.73 Å². The Morgan fingerprint density at radius 2 is 2.17 bits per heavy atom. The fourth-order valence-electron chi connectivity index (χ4n) is 1.09. The van der Waals surface area contributed by atoms with Crippen LogP contribution in [0.25, 0.3) is 0 Å². The molecule has 0 unspecified atom stereocenters. The highest BCUT2D eigenvalue weighted by atomic mass is 15.4. The lowest BCUT2D eigenvalue weighted by Gasteiger charge is -1.92. The van der Waals surface area contributed by atoms with E-state index in [1.54, 1.807) is 4.68 Å². The monoisotopic (exact) mass is 168 g/mol. The smallest absolute Gasteiger partial charge is 0.218 e. The molecular weight excluding hydrogens is 152 g/mol. The van der Waals surface area contributed by atoms with Crippen molar-refractivity contribution in [2.45, 2.75) is 32.6 Å². The van der Waals surface area contributed by atoms with Crippen molar-refractivity contribution >= 4 is 5.95 Å². The highest BCUT2D eigenvalue weighted by Gasteiger charge is 2.01. The van der Waals surface area contributed by atoms with E-state index < -0.39 is 0 Å². The molecule has 0 saturated heterocycles. The van der Waals surface area contributed by atoms with Gasteiger partial charge in [-0.15, -0.1) is 0 Å². The van der Waals surface area contributed by atoms with Crippen LogP contribution in [-0.2, 0) is 13.5 Å². The Bertz CT molecular complexity index is 222. The van der Waals surface area contributed by atoms with Crippen molar-refractivity contribution < 1.29 is 0 Å². The van der Waals surface area contributed by atoms with E-state index in [9.17, 15) is 0 Å². The summed E-state index contributed by atoms with van der Waals surface area (Å²) in [5.74, 6) is 1.37. The van der Waals surface area contributed by atoms with Crippen LogP contribution in [0.2, 0.25) is 0 Å². The average molecular weight is 168 g/mol. The third kappa shape index (κ3) is 2.22. The molecule has 1 heterocycles. The fraction of sp³-hybridized carbons (Fsp3) is 0.750. The highest BCUT2D eigenvalue weighted by molar-refractivity contribution is 5.15. The Hall–Kier alpha value is -1.06. The van der Waals surface area contributed by atoms with Crippen LogP contribution in [0.4, 0.5) is 5.95 Å². The van der Waals surface area contributed by atoms with Crippen LogP contribution >= 0.6 is 0 Å². The number of rotatable bonds is 4. The van der Waals surface area contributed by atoms with Gasteiger partial charge in [0.1, 0.15) is 0 Å². The minimum Gasteiger partial charge on any atom is -0.368 e. The zero-order chi connectivity index (χ0) is 8.97. The lowest BCUT2D eigenvalue weighted by atomic mass is 10.2. The SMILES string of the molecule is CCCCCc1nc(N)n(C)n1. The molecule has 0 aliphatic heterocycles. The number of nitrogens with two attached hydrogens (primary N) is 1. The first kappa shape index (κ1) is 9.03. The van der Waals surface area contributed by atoms with Crippen LogP contribution in [0, 0.1) is 0 Å². The molecule has 0 saturated carbocycles. The Morgan fingerprint density at radius 3 is 2.67 bits per heavy atom. The molecule has 0 bridgehead atoms. The predicted molar refractivity (Wildman–Crippen MR) is 48.6 cm³/mol. The largest absolute Gasteiger partial charge is 0.368 e. The lowest BCUT2D eigenvalue weighted by Crippen LogP contribution is -1.97. The molecule has 0 aliphatic carbocycles. The predicted octanol–water partition coefficient (Wildman–Crippen LogP) is 1.13. The maximum absolute atomic E-state index is 5.53. The normalized spacial score (nSPS) is 10.5.